The zero-order valence-electron chi connectivity index (χ0n) is 7.88. The van der Waals surface area contributed by atoms with E-state index < -0.39 is 4.92 Å². The molecule has 5 heteroatoms. The van der Waals surface area contributed by atoms with Crippen LogP contribution in [0.2, 0.25) is 0 Å². The van der Waals surface area contributed by atoms with Gasteiger partial charge in [-0.15, -0.1) is 0 Å². The number of allylic oxidation sites excluding steroid dienone is 1. The van der Waals surface area contributed by atoms with E-state index >= 15 is 0 Å². The monoisotopic (exact) mass is 203 g/mol. The fourth-order valence-corrected chi connectivity index (χ4v) is 1.09. The van der Waals surface area contributed by atoms with E-state index in [1.54, 1.807) is 18.2 Å². The zero-order chi connectivity index (χ0) is 11.3. The van der Waals surface area contributed by atoms with Crippen LogP contribution in [0, 0.1) is 21.4 Å². The van der Waals surface area contributed by atoms with Crippen LogP contribution < -0.4 is 5.73 Å². The molecule has 0 aromatic heterocycles. The van der Waals surface area contributed by atoms with Crippen LogP contribution in [0.1, 0.15) is 12.0 Å². The quantitative estimate of drug-likeness (QED) is 0.462. The Morgan fingerprint density at radius 3 is 2.87 bits per heavy atom. The fourth-order valence-electron chi connectivity index (χ4n) is 1.09. The third kappa shape index (κ3) is 2.81. The van der Waals surface area contributed by atoms with E-state index in [4.69, 9.17) is 11.0 Å². The third-order valence-electron chi connectivity index (χ3n) is 1.77. The maximum Gasteiger partial charge on any atom is 0.292 e. The van der Waals surface area contributed by atoms with Crippen molar-refractivity contribution < 1.29 is 4.92 Å². The van der Waals surface area contributed by atoms with Crippen LogP contribution >= 0.6 is 0 Å². The minimum absolute atomic E-state index is 0.104. The molecule has 0 aliphatic rings. The minimum atomic E-state index is -0.530. The smallest absolute Gasteiger partial charge is 0.292 e. The van der Waals surface area contributed by atoms with Gasteiger partial charge in [0.05, 0.1) is 17.4 Å². The van der Waals surface area contributed by atoms with E-state index in [-0.39, 0.29) is 11.4 Å². The molecule has 0 fully saturated rings. The Morgan fingerprint density at radius 1 is 1.60 bits per heavy atom. The van der Waals surface area contributed by atoms with Crippen molar-refractivity contribution in [1.82, 2.24) is 0 Å². The van der Waals surface area contributed by atoms with Gasteiger partial charge in [-0.3, -0.25) is 10.1 Å². The summed E-state index contributed by atoms with van der Waals surface area (Å²) in [5.74, 6) is 0. The lowest BCUT2D eigenvalue weighted by Crippen LogP contribution is -1.95. The van der Waals surface area contributed by atoms with E-state index in [0.29, 0.717) is 6.42 Å². The Balaban J connectivity index is 2.93. The summed E-state index contributed by atoms with van der Waals surface area (Å²) in [6.45, 7) is 0. The van der Waals surface area contributed by atoms with Gasteiger partial charge in [-0.25, -0.2) is 0 Å². The van der Waals surface area contributed by atoms with Crippen LogP contribution in [-0.4, -0.2) is 4.92 Å². The van der Waals surface area contributed by atoms with Crippen LogP contribution in [-0.2, 0) is 0 Å². The SMILES string of the molecule is N#CCC=Cc1ccc([N+](=O)[O-])c(N)c1. The highest BCUT2D eigenvalue weighted by atomic mass is 16.6. The van der Waals surface area contributed by atoms with Crippen LogP contribution in [0.3, 0.4) is 0 Å². The van der Waals surface area contributed by atoms with Crippen molar-refractivity contribution in [1.29, 1.82) is 5.26 Å². The van der Waals surface area contributed by atoms with Gasteiger partial charge in [-0.1, -0.05) is 12.2 Å². The Bertz CT molecular complexity index is 446. The van der Waals surface area contributed by atoms with Gasteiger partial charge >= 0.3 is 0 Å². The van der Waals surface area contributed by atoms with Gasteiger partial charge < -0.3 is 5.73 Å². The summed E-state index contributed by atoms with van der Waals surface area (Å²) in [4.78, 5) is 9.93. The van der Waals surface area contributed by atoms with Crippen LogP contribution in [0.15, 0.2) is 24.3 Å². The summed E-state index contributed by atoms with van der Waals surface area (Å²) in [7, 11) is 0. The molecule has 0 aliphatic heterocycles. The number of benzene rings is 1. The van der Waals surface area contributed by atoms with Crippen LogP contribution in [0.25, 0.3) is 6.08 Å². The summed E-state index contributed by atoms with van der Waals surface area (Å²) in [5.41, 5.74) is 6.25. The normalized spacial score (nSPS) is 10.1. The molecule has 0 saturated carbocycles. The molecule has 76 valence electrons. The number of anilines is 1. The number of nitriles is 1. The van der Waals surface area contributed by atoms with Crippen LogP contribution in [0.5, 0.6) is 0 Å². The second-order valence-electron chi connectivity index (χ2n) is 2.84. The lowest BCUT2D eigenvalue weighted by atomic mass is 10.1. The van der Waals surface area contributed by atoms with Crippen molar-refractivity contribution in [2.45, 2.75) is 6.42 Å². The molecule has 15 heavy (non-hydrogen) atoms. The first-order valence-corrected chi connectivity index (χ1v) is 4.22. The molecule has 0 amide bonds. The number of hydrogen-bond acceptors (Lipinski definition) is 4. The molecular formula is C10H9N3O2. The number of hydrogen-bond donors (Lipinski definition) is 1. The van der Waals surface area contributed by atoms with Crippen molar-refractivity contribution in [3.8, 4) is 6.07 Å². The van der Waals surface area contributed by atoms with Crippen molar-refractivity contribution in [3.63, 3.8) is 0 Å². The molecule has 0 radical (unpaired) electrons. The molecule has 0 heterocycles. The average molecular weight is 203 g/mol. The predicted molar refractivity (Wildman–Crippen MR) is 56.8 cm³/mol. The Hall–Kier alpha value is -2.35. The number of rotatable bonds is 3. The lowest BCUT2D eigenvalue weighted by molar-refractivity contribution is -0.383. The van der Waals surface area contributed by atoms with Gasteiger partial charge in [0, 0.05) is 6.07 Å². The highest BCUT2D eigenvalue weighted by molar-refractivity contribution is 5.65. The molecule has 0 saturated heterocycles. The summed E-state index contributed by atoms with van der Waals surface area (Å²) < 4.78 is 0. The average Bonchev–Trinajstić information content (AvgIpc) is 2.17. The topological polar surface area (TPSA) is 92.9 Å². The predicted octanol–water partition coefficient (Wildman–Crippen LogP) is 2.10. The highest BCUT2D eigenvalue weighted by Crippen LogP contribution is 2.22. The summed E-state index contributed by atoms with van der Waals surface area (Å²) in [6, 6.07) is 6.40. The fraction of sp³-hybridized carbons (Fsp3) is 0.100. The van der Waals surface area contributed by atoms with E-state index in [2.05, 4.69) is 0 Å². The number of nitrogens with two attached hydrogens (primary N) is 1. The molecule has 0 aliphatic carbocycles. The molecule has 1 rings (SSSR count). The number of nitro groups is 1. The summed E-state index contributed by atoms with van der Waals surface area (Å²) in [5, 5.41) is 18.8. The molecule has 1 aromatic rings. The summed E-state index contributed by atoms with van der Waals surface area (Å²) >= 11 is 0. The van der Waals surface area contributed by atoms with Crippen molar-refractivity contribution >= 4 is 17.5 Å². The van der Waals surface area contributed by atoms with Gasteiger partial charge in [-0.05, 0) is 17.7 Å². The third-order valence-corrected chi connectivity index (χ3v) is 1.77. The molecular weight excluding hydrogens is 194 g/mol. The highest BCUT2D eigenvalue weighted by Gasteiger charge is 2.09. The first-order valence-electron chi connectivity index (χ1n) is 4.22. The number of nitrogen functional groups attached to an aromatic ring is 1. The maximum atomic E-state index is 10.5. The Labute approximate surface area is 86.6 Å². The van der Waals surface area contributed by atoms with Crippen molar-refractivity contribution in [2.75, 3.05) is 5.73 Å². The molecule has 1 aromatic carbocycles. The number of nitrogens with zero attached hydrogens (tertiary/aromatic N) is 2. The standard InChI is InChI=1S/C10H9N3O2/c11-6-2-1-3-8-4-5-10(13(14)15)9(12)7-8/h1,3-5,7H,2,12H2. The van der Waals surface area contributed by atoms with Gasteiger partial charge in [-0.2, -0.15) is 5.26 Å². The molecule has 0 unspecified atom stereocenters. The molecule has 0 spiro atoms. The van der Waals surface area contributed by atoms with Crippen LogP contribution in [0.4, 0.5) is 11.4 Å². The van der Waals surface area contributed by atoms with Crippen molar-refractivity contribution in [3.05, 3.63) is 40.0 Å². The molecule has 0 bridgehead atoms. The second kappa shape index (κ2) is 4.77. The van der Waals surface area contributed by atoms with Gasteiger partial charge in [0.25, 0.3) is 5.69 Å². The largest absolute Gasteiger partial charge is 0.393 e. The Kier molecular flexibility index (Phi) is 3.41. The van der Waals surface area contributed by atoms with E-state index in [0.717, 1.165) is 5.56 Å². The minimum Gasteiger partial charge on any atom is -0.393 e. The maximum absolute atomic E-state index is 10.5. The molecule has 2 N–H and O–H groups in total. The first kappa shape index (κ1) is 10.7. The molecule has 0 atom stereocenters. The second-order valence-corrected chi connectivity index (χ2v) is 2.84. The van der Waals surface area contributed by atoms with Crippen molar-refractivity contribution in [2.24, 2.45) is 0 Å². The molecule has 5 nitrogen and oxygen atoms in total. The number of nitro benzene ring substituents is 1. The van der Waals surface area contributed by atoms with Gasteiger partial charge in [0.15, 0.2) is 0 Å². The van der Waals surface area contributed by atoms with E-state index in [1.807, 2.05) is 6.07 Å². The summed E-state index contributed by atoms with van der Waals surface area (Å²) in [6.07, 6.45) is 3.67. The Morgan fingerprint density at radius 2 is 2.33 bits per heavy atom. The van der Waals surface area contributed by atoms with E-state index in [9.17, 15) is 10.1 Å². The first-order chi connectivity index (χ1) is 7.15. The van der Waals surface area contributed by atoms with Gasteiger partial charge in [0.1, 0.15) is 5.69 Å². The zero-order valence-corrected chi connectivity index (χ0v) is 7.88. The van der Waals surface area contributed by atoms with E-state index in [1.165, 1.54) is 12.1 Å². The lowest BCUT2D eigenvalue weighted by Gasteiger charge is -1.98. The van der Waals surface area contributed by atoms with Gasteiger partial charge in [0.2, 0.25) is 0 Å².